The Morgan fingerprint density at radius 1 is 1.12 bits per heavy atom. The molecule has 0 unspecified atom stereocenters. The zero-order chi connectivity index (χ0) is 18.5. The molecule has 25 heavy (non-hydrogen) atoms. The highest BCUT2D eigenvalue weighted by molar-refractivity contribution is 6.27. The van der Waals surface area contributed by atoms with Gasteiger partial charge in [0.05, 0.1) is 19.8 Å². The number of rotatable bonds is 7. The van der Waals surface area contributed by atoms with Crippen molar-refractivity contribution < 1.29 is 29.3 Å². The molecule has 0 spiro atoms. The number of carboxylic acids is 2. The van der Waals surface area contributed by atoms with Crippen LogP contribution in [0.5, 0.6) is 5.75 Å². The van der Waals surface area contributed by atoms with E-state index in [0.29, 0.717) is 0 Å². The maximum absolute atomic E-state index is 9.10. The van der Waals surface area contributed by atoms with Crippen LogP contribution >= 0.6 is 0 Å². The zero-order valence-corrected chi connectivity index (χ0v) is 14.6. The minimum Gasteiger partial charge on any atom is -0.493 e. The molecule has 1 aromatic rings. The molecule has 0 saturated carbocycles. The van der Waals surface area contributed by atoms with Crippen molar-refractivity contribution in [1.82, 2.24) is 4.90 Å². The van der Waals surface area contributed by atoms with Crippen LogP contribution in [-0.4, -0.2) is 66.5 Å². The Balaban J connectivity index is 0.000000450. The number of aryl methyl sites for hydroxylation is 1. The molecule has 0 amide bonds. The molecular formula is C18H27NO6. The van der Waals surface area contributed by atoms with Crippen LogP contribution in [-0.2, 0) is 20.7 Å². The van der Waals surface area contributed by atoms with Crippen LogP contribution in [0.25, 0.3) is 0 Å². The fourth-order valence-corrected chi connectivity index (χ4v) is 2.38. The topological polar surface area (TPSA) is 96.3 Å². The molecule has 1 aliphatic heterocycles. The molecule has 1 aromatic carbocycles. The van der Waals surface area contributed by atoms with E-state index in [9.17, 15) is 0 Å². The molecule has 0 radical (unpaired) electrons. The van der Waals surface area contributed by atoms with E-state index < -0.39 is 11.9 Å². The lowest BCUT2D eigenvalue weighted by atomic mass is 10.1. The van der Waals surface area contributed by atoms with Gasteiger partial charge in [-0.3, -0.25) is 4.90 Å². The first kappa shape index (κ1) is 20.9. The van der Waals surface area contributed by atoms with E-state index in [2.05, 4.69) is 30.0 Å². The predicted molar refractivity (Wildman–Crippen MR) is 93.1 cm³/mol. The third-order valence-electron chi connectivity index (χ3n) is 3.77. The van der Waals surface area contributed by atoms with Gasteiger partial charge in [0.15, 0.2) is 0 Å². The summed E-state index contributed by atoms with van der Waals surface area (Å²) in [6.45, 7) is 8.10. The van der Waals surface area contributed by atoms with Crippen LogP contribution in [0.4, 0.5) is 0 Å². The standard InChI is InChI=1S/C16H25NO2.C2H2O4/c1-2-15-7-3-4-8-16(15)19-12-6-5-9-17-10-13-18-14-11-17;3-1(4)2(5)6/h3-4,7-8H,2,5-6,9-14H2,1H3;(H,3,4)(H,5,6). The van der Waals surface area contributed by atoms with Crippen molar-refractivity contribution in [2.24, 2.45) is 0 Å². The Kier molecular flexibility index (Phi) is 10.3. The average molecular weight is 353 g/mol. The van der Waals surface area contributed by atoms with Gasteiger partial charge in [0, 0.05) is 13.1 Å². The fraction of sp³-hybridized carbons (Fsp3) is 0.556. The first-order valence-corrected chi connectivity index (χ1v) is 8.51. The van der Waals surface area contributed by atoms with E-state index in [4.69, 9.17) is 29.3 Å². The Morgan fingerprint density at radius 3 is 2.36 bits per heavy atom. The van der Waals surface area contributed by atoms with E-state index in [1.54, 1.807) is 0 Å². The zero-order valence-electron chi connectivity index (χ0n) is 14.6. The molecule has 1 heterocycles. The third-order valence-corrected chi connectivity index (χ3v) is 3.77. The van der Waals surface area contributed by atoms with E-state index in [-0.39, 0.29) is 0 Å². The average Bonchev–Trinajstić information content (AvgIpc) is 2.63. The quantitative estimate of drug-likeness (QED) is 0.571. The van der Waals surface area contributed by atoms with Crippen LogP contribution in [0, 0.1) is 0 Å². The van der Waals surface area contributed by atoms with Crippen molar-refractivity contribution in [3.63, 3.8) is 0 Å². The van der Waals surface area contributed by atoms with Crippen molar-refractivity contribution in [2.45, 2.75) is 26.2 Å². The highest BCUT2D eigenvalue weighted by Crippen LogP contribution is 2.18. The lowest BCUT2D eigenvalue weighted by molar-refractivity contribution is -0.159. The number of aliphatic carboxylic acids is 2. The molecule has 0 aliphatic carbocycles. The summed E-state index contributed by atoms with van der Waals surface area (Å²) in [6, 6.07) is 8.33. The number of unbranched alkanes of at least 4 members (excludes halogenated alkanes) is 1. The first-order valence-electron chi connectivity index (χ1n) is 8.51. The van der Waals surface area contributed by atoms with Crippen molar-refractivity contribution in [3.8, 4) is 5.75 Å². The summed E-state index contributed by atoms with van der Waals surface area (Å²) in [5, 5.41) is 14.8. The summed E-state index contributed by atoms with van der Waals surface area (Å²) >= 11 is 0. The second-order valence-electron chi connectivity index (χ2n) is 5.58. The number of hydrogen-bond donors (Lipinski definition) is 2. The SMILES string of the molecule is CCc1ccccc1OCCCCN1CCOCC1.O=C(O)C(=O)O. The van der Waals surface area contributed by atoms with Gasteiger partial charge in [0.25, 0.3) is 0 Å². The van der Waals surface area contributed by atoms with Gasteiger partial charge in [-0.1, -0.05) is 25.1 Å². The van der Waals surface area contributed by atoms with Crippen LogP contribution in [0.3, 0.4) is 0 Å². The van der Waals surface area contributed by atoms with Gasteiger partial charge >= 0.3 is 11.9 Å². The Morgan fingerprint density at radius 2 is 1.76 bits per heavy atom. The van der Waals surface area contributed by atoms with Gasteiger partial charge in [0.1, 0.15) is 5.75 Å². The number of carboxylic acid groups (broad SMARTS) is 2. The maximum atomic E-state index is 9.10. The number of carbonyl (C=O) groups is 2. The largest absolute Gasteiger partial charge is 0.493 e. The Bertz CT molecular complexity index is 516. The molecule has 2 N–H and O–H groups in total. The molecule has 1 fully saturated rings. The van der Waals surface area contributed by atoms with Gasteiger partial charge in [-0.05, 0) is 37.4 Å². The van der Waals surface area contributed by atoms with Gasteiger partial charge < -0.3 is 19.7 Å². The highest BCUT2D eigenvalue weighted by Gasteiger charge is 2.09. The molecule has 0 atom stereocenters. The summed E-state index contributed by atoms with van der Waals surface area (Å²) in [5.74, 6) is -2.60. The first-order chi connectivity index (χ1) is 12.0. The lowest BCUT2D eigenvalue weighted by Gasteiger charge is -2.26. The van der Waals surface area contributed by atoms with Crippen LogP contribution in [0.15, 0.2) is 24.3 Å². The Labute approximate surface area is 148 Å². The minimum absolute atomic E-state index is 0.821. The normalized spacial score (nSPS) is 14.3. The van der Waals surface area contributed by atoms with Crippen molar-refractivity contribution in [2.75, 3.05) is 39.5 Å². The number of morpholine rings is 1. The molecular weight excluding hydrogens is 326 g/mol. The number of hydrogen-bond acceptors (Lipinski definition) is 5. The van der Waals surface area contributed by atoms with E-state index in [1.807, 2.05) is 6.07 Å². The monoisotopic (exact) mass is 353 g/mol. The van der Waals surface area contributed by atoms with Crippen molar-refractivity contribution in [3.05, 3.63) is 29.8 Å². The fourth-order valence-electron chi connectivity index (χ4n) is 2.38. The summed E-state index contributed by atoms with van der Waals surface area (Å²) < 4.78 is 11.2. The molecule has 7 nitrogen and oxygen atoms in total. The van der Waals surface area contributed by atoms with Crippen LogP contribution in [0.1, 0.15) is 25.3 Å². The summed E-state index contributed by atoms with van der Waals surface area (Å²) in [7, 11) is 0. The minimum atomic E-state index is -1.82. The van der Waals surface area contributed by atoms with E-state index >= 15 is 0 Å². The molecule has 1 aliphatic rings. The lowest BCUT2D eigenvalue weighted by Crippen LogP contribution is -2.36. The Hall–Kier alpha value is -2.12. The molecule has 140 valence electrons. The van der Waals surface area contributed by atoms with Gasteiger partial charge in [-0.25, -0.2) is 9.59 Å². The second-order valence-corrected chi connectivity index (χ2v) is 5.58. The smallest absolute Gasteiger partial charge is 0.414 e. The number of para-hydroxylation sites is 1. The molecule has 2 rings (SSSR count). The highest BCUT2D eigenvalue weighted by atomic mass is 16.5. The van der Waals surface area contributed by atoms with E-state index in [0.717, 1.165) is 51.5 Å². The van der Waals surface area contributed by atoms with Gasteiger partial charge in [-0.2, -0.15) is 0 Å². The molecule has 1 saturated heterocycles. The van der Waals surface area contributed by atoms with Crippen LogP contribution < -0.4 is 4.74 Å². The number of benzene rings is 1. The predicted octanol–water partition coefficient (Wildman–Crippen LogP) is 1.90. The van der Waals surface area contributed by atoms with Crippen molar-refractivity contribution in [1.29, 1.82) is 0 Å². The van der Waals surface area contributed by atoms with E-state index in [1.165, 1.54) is 18.5 Å². The maximum Gasteiger partial charge on any atom is 0.414 e. The number of ether oxygens (including phenoxy) is 2. The summed E-state index contributed by atoms with van der Waals surface area (Å²) in [6.07, 6.45) is 3.35. The summed E-state index contributed by atoms with van der Waals surface area (Å²) in [4.78, 5) is 20.7. The number of nitrogens with zero attached hydrogens (tertiary/aromatic N) is 1. The molecule has 7 heteroatoms. The van der Waals surface area contributed by atoms with Crippen molar-refractivity contribution >= 4 is 11.9 Å². The van der Waals surface area contributed by atoms with Gasteiger partial charge in [0.2, 0.25) is 0 Å². The molecule has 0 aromatic heterocycles. The van der Waals surface area contributed by atoms with Crippen LogP contribution in [0.2, 0.25) is 0 Å². The molecule has 0 bridgehead atoms. The summed E-state index contributed by atoms with van der Waals surface area (Å²) in [5.41, 5.74) is 1.30. The third kappa shape index (κ3) is 9.07. The van der Waals surface area contributed by atoms with Gasteiger partial charge in [-0.15, -0.1) is 0 Å². The second kappa shape index (κ2) is 12.3.